The van der Waals surface area contributed by atoms with Crippen LogP contribution in [0.3, 0.4) is 0 Å². The van der Waals surface area contributed by atoms with Gasteiger partial charge in [0.2, 0.25) is 0 Å². The van der Waals surface area contributed by atoms with E-state index < -0.39 is 11.6 Å². The third kappa shape index (κ3) is 4.33. The molecule has 0 saturated heterocycles. The Hall–Kier alpha value is -1.63. The van der Waals surface area contributed by atoms with E-state index in [1.165, 1.54) is 0 Å². The van der Waals surface area contributed by atoms with Crippen molar-refractivity contribution in [1.82, 2.24) is 0 Å². The summed E-state index contributed by atoms with van der Waals surface area (Å²) in [7, 11) is 0. The molecule has 0 aliphatic rings. The summed E-state index contributed by atoms with van der Waals surface area (Å²) in [6.45, 7) is 4.83. The highest BCUT2D eigenvalue weighted by Crippen LogP contribution is 2.20. The molecule has 98 valence electrons. The summed E-state index contributed by atoms with van der Waals surface area (Å²) in [5, 5.41) is 11.3. The molecule has 0 fully saturated rings. The highest BCUT2D eigenvalue weighted by Gasteiger charge is 2.10. The van der Waals surface area contributed by atoms with Crippen molar-refractivity contribution in [2.24, 2.45) is 5.92 Å². The van der Waals surface area contributed by atoms with Crippen LogP contribution < -0.4 is 5.32 Å². The van der Waals surface area contributed by atoms with E-state index in [0.717, 1.165) is 31.4 Å². The quantitative estimate of drug-likeness (QED) is 0.774. The number of nitrogens with zero attached hydrogens (tertiary/aromatic N) is 1. The fourth-order valence-corrected chi connectivity index (χ4v) is 1.70. The molecule has 0 saturated carbocycles. The summed E-state index contributed by atoms with van der Waals surface area (Å²) in [6.07, 6.45) is 3.02. The van der Waals surface area contributed by atoms with Crippen LogP contribution in [0.4, 0.5) is 14.5 Å². The van der Waals surface area contributed by atoms with E-state index in [2.05, 4.69) is 19.2 Å². The zero-order valence-electron chi connectivity index (χ0n) is 10.8. The van der Waals surface area contributed by atoms with E-state index in [9.17, 15) is 8.78 Å². The molecule has 1 aromatic rings. The van der Waals surface area contributed by atoms with Crippen LogP contribution in [0.15, 0.2) is 12.1 Å². The molecule has 0 bridgehead atoms. The second kappa shape index (κ2) is 6.95. The molecule has 0 unspecified atom stereocenters. The summed E-state index contributed by atoms with van der Waals surface area (Å²) in [4.78, 5) is 0. The van der Waals surface area contributed by atoms with Crippen LogP contribution in [0.2, 0.25) is 0 Å². The van der Waals surface area contributed by atoms with Crippen LogP contribution >= 0.6 is 0 Å². The first-order valence-electron chi connectivity index (χ1n) is 6.17. The largest absolute Gasteiger partial charge is 0.380 e. The Morgan fingerprint density at radius 2 is 1.83 bits per heavy atom. The maximum Gasteiger partial charge on any atom is 0.150 e. The van der Waals surface area contributed by atoms with Crippen molar-refractivity contribution >= 4 is 5.69 Å². The van der Waals surface area contributed by atoms with Crippen LogP contribution in [-0.2, 0) is 0 Å². The monoisotopic (exact) mass is 252 g/mol. The van der Waals surface area contributed by atoms with Gasteiger partial charge in [0.25, 0.3) is 0 Å². The fourth-order valence-electron chi connectivity index (χ4n) is 1.70. The number of anilines is 1. The lowest BCUT2D eigenvalue weighted by molar-refractivity contribution is 0.542. The van der Waals surface area contributed by atoms with Gasteiger partial charge in [0.15, 0.2) is 11.6 Å². The summed E-state index contributed by atoms with van der Waals surface area (Å²) in [6, 6.07) is 3.80. The van der Waals surface area contributed by atoms with E-state index >= 15 is 0 Å². The number of rotatable bonds is 6. The average Bonchev–Trinajstić information content (AvgIpc) is 2.31. The third-order valence-corrected chi connectivity index (χ3v) is 2.68. The maximum atomic E-state index is 13.5. The van der Waals surface area contributed by atoms with Gasteiger partial charge in [-0.15, -0.1) is 0 Å². The van der Waals surface area contributed by atoms with Gasteiger partial charge in [0.05, 0.1) is 11.6 Å². The van der Waals surface area contributed by atoms with Gasteiger partial charge >= 0.3 is 0 Å². The van der Waals surface area contributed by atoms with E-state index in [1.54, 1.807) is 6.07 Å². The van der Waals surface area contributed by atoms with Crippen molar-refractivity contribution in [3.8, 4) is 6.07 Å². The predicted octanol–water partition coefficient (Wildman–Crippen LogP) is 4.07. The highest BCUT2D eigenvalue weighted by molar-refractivity contribution is 5.50. The molecule has 0 spiro atoms. The molecule has 1 N–H and O–H groups in total. The molecular formula is C14H18F2N2. The van der Waals surface area contributed by atoms with Crippen molar-refractivity contribution in [3.63, 3.8) is 0 Å². The first-order chi connectivity index (χ1) is 8.54. The Morgan fingerprint density at radius 3 is 2.33 bits per heavy atom. The van der Waals surface area contributed by atoms with Crippen molar-refractivity contribution < 1.29 is 8.78 Å². The molecule has 0 heterocycles. The second-order valence-corrected chi connectivity index (χ2v) is 4.74. The smallest absolute Gasteiger partial charge is 0.150 e. The number of halogens is 2. The van der Waals surface area contributed by atoms with Crippen LogP contribution in [0, 0.1) is 28.9 Å². The Bertz CT molecular complexity index is 413. The lowest BCUT2D eigenvalue weighted by Gasteiger charge is -2.09. The Morgan fingerprint density at radius 1 is 1.22 bits per heavy atom. The van der Waals surface area contributed by atoms with Crippen LogP contribution in [0.1, 0.15) is 38.7 Å². The van der Waals surface area contributed by atoms with Gasteiger partial charge in [0, 0.05) is 6.54 Å². The standard InChI is InChI=1S/C14H18F2N2/c1-10(2)5-3-4-6-18-14-12(15)7-11(9-17)8-13(14)16/h7-8,10,18H,3-6H2,1-2H3. The molecule has 1 aromatic carbocycles. The van der Waals surface area contributed by atoms with Crippen molar-refractivity contribution in [1.29, 1.82) is 5.26 Å². The maximum absolute atomic E-state index is 13.5. The Kier molecular flexibility index (Phi) is 5.57. The number of nitrogens with one attached hydrogen (secondary N) is 1. The van der Waals surface area contributed by atoms with Crippen molar-refractivity contribution in [2.75, 3.05) is 11.9 Å². The lowest BCUT2D eigenvalue weighted by atomic mass is 10.1. The summed E-state index contributed by atoms with van der Waals surface area (Å²) >= 11 is 0. The summed E-state index contributed by atoms with van der Waals surface area (Å²) < 4.78 is 27.0. The normalized spacial score (nSPS) is 10.4. The molecule has 0 aliphatic heterocycles. The van der Waals surface area contributed by atoms with Gasteiger partial charge in [-0.1, -0.05) is 26.7 Å². The predicted molar refractivity (Wildman–Crippen MR) is 68.3 cm³/mol. The highest BCUT2D eigenvalue weighted by atomic mass is 19.1. The van der Waals surface area contributed by atoms with Gasteiger partial charge in [-0.3, -0.25) is 0 Å². The molecule has 0 aliphatic carbocycles. The number of benzene rings is 1. The van der Waals surface area contributed by atoms with Gasteiger partial charge in [0.1, 0.15) is 5.69 Å². The minimum Gasteiger partial charge on any atom is -0.380 e. The van der Waals surface area contributed by atoms with Crippen molar-refractivity contribution in [2.45, 2.75) is 33.1 Å². The zero-order valence-corrected chi connectivity index (χ0v) is 10.8. The van der Waals surface area contributed by atoms with Crippen molar-refractivity contribution in [3.05, 3.63) is 29.3 Å². The molecule has 18 heavy (non-hydrogen) atoms. The third-order valence-electron chi connectivity index (χ3n) is 2.68. The number of hydrogen-bond donors (Lipinski definition) is 1. The topological polar surface area (TPSA) is 35.8 Å². The number of nitriles is 1. The average molecular weight is 252 g/mol. The molecule has 4 heteroatoms. The van der Waals surface area contributed by atoms with Crippen LogP contribution in [0.25, 0.3) is 0 Å². The van der Waals surface area contributed by atoms with Crippen LogP contribution in [-0.4, -0.2) is 6.54 Å². The zero-order chi connectivity index (χ0) is 13.5. The summed E-state index contributed by atoms with van der Waals surface area (Å²) in [5.41, 5.74) is -0.145. The van der Waals surface area contributed by atoms with Gasteiger partial charge in [-0.25, -0.2) is 8.78 Å². The van der Waals surface area contributed by atoms with E-state index in [4.69, 9.17) is 5.26 Å². The first-order valence-corrected chi connectivity index (χ1v) is 6.17. The minimum atomic E-state index is -0.713. The van der Waals surface area contributed by atoms with E-state index in [0.29, 0.717) is 12.5 Å². The first kappa shape index (κ1) is 14.4. The van der Waals surface area contributed by atoms with Gasteiger partial charge < -0.3 is 5.32 Å². The fraction of sp³-hybridized carbons (Fsp3) is 0.500. The summed E-state index contributed by atoms with van der Waals surface area (Å²) in [5.74, 6) is -0.779. The number of hydrogen-bond acceptors (Lipinski definition) is 2. The van der Waals surface area contributed by atoms with E-state index in [-0.39, 0.29) is 11.3 Å². The molecule has 2 nitrogen and oxygen atoms in total. The number of unbranched alkanes of at least 4 members (excludes halogenated alkanes) is 1. The van der Waals surface area contributed by atoms with Crippen LogP contribution in [0.5, 0.6) is 0 Å². The molecule has 0 atom stereocenters. The van der Waals surface area contributed by atoms with E-state index in [1.807, 2.05) is 0 Å². The molecule has 0 amide bonds. The van der Waals surface area contributed by atoms with Gasteiger partial charge in [-0.05, 0) is 24.5 Å². The Labute approximate surface area is 107 Å². The lowest BCUT2D eigenvalue weighted by Crippen LogP contribution is -2.06. The SMILES string of the molecule is CC(C)CCCCNc1c(F)cc(C#N)cc1F. The van der Waals surface area contributed by atoms with Gasteiger partial charge in [-0.2, -0.15) is 5.26 Å². The minimum absolute atomic E-state index is 0.00430. The second-order valence-electron chi connectivity index (χ2n) is 4.74. The molecule has 0 radical (unpaired) electrons. The Balaban J connectivity index is 2.50. The molecule has 1 rings (SSSR count). The molecule has 0 aromatic heterocycles. The molecular weight excluding hydrogens is 234 g/mol.